The molecule has 2 N–H and O–H groups in total. The fourth-order valence-corrected chi connectivity index (χ4v) is 2.56. The second-order valence-corrected chi connectivity index (χ2v) is 6.10. The second kappa shape index (κ2) is 7.50. The number of nitrogens with one attached hydrogen (secondary N) is 2. The number of carbonyl (C=O) groups is 1. The average molecular weight is 390 g/mol. The van der Waals surface area contributed by atoms with Crippen LogP contribution in [-0.4, -0.2) is 6.03 Å². The monoisotopic (exact) mass is 390 g/mol. The van der Waals surface area contributed by atoms with E-state index in [9.17, 15) is 31.1 Å². The Morgan fingerprint density at radius 3 is 1.74 bits per heavy atom. The van der Waals surface area contributed by atoms with Gasteiger partial charge in [0.1, 0.15) is 0 Å². The van der Waals surface area contributed by atoms with Gasteiger partial charge in [-0.3, -0.25) is 0 Å². The van der Waals surface area contributed by atoms with Crippen molar-refractivity contribution in [2.45, 2.75) is 32.7 Å². The summed E-state index contributed by atoms with van der Waals surface area (Å²) in [6.45, 7) is 3.79. The number of hydrogen-bond donors (Lipinski definition) is 2. The number of aryl methyl sites for hydroxylation is 2. The molecule has 0 radical (unpaired) electrons. The van der Waals surface area contributed by atoms with Gasteiger partial charge in [-0.2, -0.15) is 26.3 Å². The van der Waals surface area contributed by atoms with Crippen LogP contribution in [0, 0.1) is 13.8 Å². The van der Waals surface area contributed by atoms with Gasteiger partial charge in [0.15, 0.2) is 0 Å². The van der Waals surface area contributed by atoms with E-state index in [2.05, 4.69) is 5.32 Å². The van der Waals surface area contributed by atoms with Crippen LogP contribution in [0.2, 0.25) is 0 Å². The number of hydrogen-bond acceptors (Lipinski definition) is 1. The summed E-state index contributed by atoms with van der Waals surface area (Å²) in [5.41, 5.74) is -0.929. The fraction of sp³-hybridized carbons (Fsp3) is 0.278. The van der Waals surface area contributed by atoms with Crippen molar-refractivity contribution in [3.8, 4) is 0 Å². The first kappa shape index (κ1) is 20.6. The summed E-state index contributed by atoms with van der Waals surface area (Å²) in [6, 6.07) is 5.51. The first-order valence-corrected chi connectivity index (χ1v) is 7.76. The molecule has 0 aliphatic heterocycles. The molecule has 0 aromatic heterocycles. The van der Waals surface area contributed by atoms with Gasteiger partial charge in [-0.05, 0) is 37.6 Å². The molecular formula is C18H16F6N2O. The normalized spacial score (nSPS) is 12.0. The van der Waals surface area contributed by atoms with Crippen LogP contribution in [0.1, 0.15) is 27.8 Å². The van der Waals surface area contributed by atoms with Crippen molar-refractivity contribution < 1.29 is 31.1 Å². The number of carbonyl (C=O) groups excluding carboxylic acids is 1. The van der Waals surface area contributed by atoms with Crippen LogP contribution in [0.5, 0.6) is 0 Å². The minimum atomic E-state index is -4.98. The molecule has 0 aliphatic carbocycles. The molecule has 0 bridgehead atoms. The smallest absolute Gasteiger partial charge is 0.334 e. The summed E-state index contributed by atoms with van der Waals surface area (Å²) in [7, 11) is 0. The Morgan fingerprint density at radius 1 is 0.815 bits per heavy atom. The predicted molar refractivity (Wildman–Crippen MR) is 88.2 cm³/mol. The summed E-state index contributed by atoms with van der Waals surface area (Å²) in [5, 5.41) is 4.42. The number of halogens is 6. The Morgan fingerprint density at radius 2 is 1.30 bits per heavy atom. The minimum absolute atomic E-state index is 0.00138. The molecule has 2 aromatic carbocycles. The van der Waals surface area contributed by atoms with E-state index in [-0.39, 0.29) is 12.6 Å². The number of rotatable bonds is 3. The number of benzene rings is 2. The zero-order valence-corrected chi connectivity index (χ0v) is 14.3. The Balaban J connectivity index is 2.16. The molecule has 0 unspecified atom stereocenters. The molecule has 27 heavy (non-hydrogen) atoms. The number of anilines is 1. The van der Waals surface area contributed by atoms with E-state index in [1.54, 1.807) is 12.1 Å². The quantitative estimate of drug-likeness (QED) is 0.652. The third-order valence-electron chi connectivity index (χ3n) is 3.58. The summed E-state index contributed by atoms with van der Waals surface area (Å²) in [6.07, 6.45) is -9.96. The number of amides is 2. The molecule has 3 nitrogen and oxygen atoms in total. The predicted octanol–water partition coefficient (Wildman–Crippen LogP) is 5.66. The molecule has 9 heteroatoms. The van der Waals surface area contributed by atoms with Crippen molar-refractivity contribution >= 4 is 11.7 Å². The van der Waals surface area contributed by atoms with E-state index in [0.29, 0.717) is 12.1 Å². The van der Waals surface area contributed by atoms with Gasteiger partial charge in [-0.15, -0.1) is 0 Å². The van der Waals surface area contributed by atoms with Crippen LogP contribution in [0.3, 0.4) is 0 Å². The molecule has 0 saturated carbocycles. The van der Waals surface area contributed by atoms with Gasteiger partial charge < -0.3 is 10.6 Å². The van der Waals surface area contributed by atoms with E-state index < -0.39 is 35.2 Å². The van der Waals surface area contributed by atoms with Crippen molar-refractivity contribution in [1.29, 1.82) is 0 Å². The number of alkyl halides is 6. The maximum absolute atomic E-state index is 12.8. The van der Waals surface area contributed by atoms with Gasteiger partial charge in [0.05, 0.1) is 11.1 Å². The van der Waals surface area contributed by atoms with Crippen LogP contribution in [-0.2, 0) is 18.9 Å². The summed E-state index contributed by atoms with van der Waals surface area (Å²) < 4.78 is 76.9. The topological polar surface area (TPSA) is 41.1 Å². The molecule has 0 spiro atoms. The van der Waals surface area contributed by atoms with Crippen molar-refractivity contribution in [2.75, 3.05) is 5.32 Å². The van der Waals surface area contributed by atoms with Crippen LogP contribution in [0.15, 0.2) is 36.4 Å². The maximum Gasteiger partial charge on any atom is 0.416 e. The molecular weight excluding hydrogens is 374 g/mol. The molecule has 146 valence electrons. The highest BCUT2D eigenvalue weighted by Crippen LogP contribution is 2.37. The first-order valence-electron chi connectivity index (χ1n) is 7.76. The van der Waals surface area contributed by atoms with Crippen molar-refractivity contribution in [2.24, 2.45) is 0 Å². The van der Waals surface area contributed by atoms with Gasteiger partial charge in [0, 0.05) is 12.2 Å². The lowest BCUT2D eigenvalue weighted by atomic mass is 10.1. The van der Waals surface area contributed by atoms with Crippen LogP contribution < -0.4 is 10.6 Å². The standard InChI is InChI=1S/C18H16F6N2O/c1-10-3-11(2)5-12(4-10)9-25-16(27)26-15-7-13(17(19,20)21)6-14(8-15)18(22,23)24/h3-8H,9H2,1-2H3,(H2,25,26,27). The Bertz CT molecular complexity index is 790. The highest BCUT2D eigenvalue weighted by atomic mass is 19.4. The summed E-state index contributed by atoms with van der Waals surface area (Å²) in [5.74, 6) is 0. The molecule has 0 fully saturated rings. The van der Waals surface area contributed by atoms with Gasteiger partial charge in [-0.1, -0.05) is 29.3 Å². The molecule has 2 amide bonds. The molecule has 0 heterocycles. The van der Waals surface area contributed by atoms with E-state index >= 15 is 0 Å². The fourth-order valence-electron chi connectivity index (χ4n) is 2.56. The molecule has 2 aromatic rings. The van der Waals surface area contributed by atoms with E-state index in [1.165, 1.54) is 0 Å². The van der Waals surface area contributed by atoms with Gasteiger partial charge in [-0.25, -0.2) is 4.79 Å². The minimum Gasteiger partial charge on any atom is -0.334 e. The van der Waals surface area contributed by atoms with E-state index in [4.69, 9.17) is 0 Å². The van der Waals surface area contributed by atoms with E-state index in [0.717, 1.165) is 16.7 Å². The van der Waals surface area contributed by atoms with Crippen molar-refractivity contribution in [3.05, 3.63) is 64.2 Å². The lowest BCUT2D eigenvalue weighted by molar-refractivity contribution is -0.143. The van der Waals surface area contributed by atoms with Gasteiger partial charge >= 0.3 is 18.4 Å². The molecule has 0 aliphatic rings. The lowest BCUT2D eigenvalue weighted by Gasteiger charge is -2.15. The Labute approximate surface area is 151 Å². The average Bonchev–Trinajstić information content (AvgIpc) is 2.50. The van der Waals surface area contributed by atoms with Crippen LogP contribution in [0.4, 0.5) is 36.8 Å². The SMILES string of the molecule is Cc1cc(C)cc(CNC(=O)Nc2cc(C(F)(F)F)cc(C(F)(F)F)c2)c1. The largest absolute Gasteiger partial charge is 0.416 e. The van der Waals surface area contributed by atoms with Crippen LogP contribution >= 0.6 is 0 Å². The van der Waals surface area contributed by atoms with Gasteiger partial charge in [0.2, 0.25) is 0 Å². The Kier molecular flexibility index (Phi) is 5.72. The second-order valence-electron chi connectivity index (χ2n) is 6.10. The summed E-state index contributed by atoms with van der Waals surface area (Å²) >= 11 is 0. The van der Waals surface area contributed by atoms with Crippen LogP contribution in [0.25, 0.3) is 0 Å². The zero-order valence-electron chi connectivity index (χ0n) is 14.3. The van der Waals surface area contributed by atoms with Crippen molar-refractivity contribution in [3.63, 3.8) is 0 Å². The molecule has 0 saturated heterocycles. The number of urea groups is 1. The highest BCUT2D eigenvalue weighted by Gasteiger charge is 2.37. The molecule has 0 atom stereocenters. The summed E-state index contributed by atoms with van der Waals surface area (Å²) in [4.78, 5) is 11.9. The van der Waals surface area contributed by atoms with Gasteiger partial charge in [0.25, 0.3) is 0 Å². The third-order valence-corrected chi connectivity index (χ3v) is 3.58. The third kappa shape index (κ3) is 5.90. The van der Waals surface area contributed by atoms with Crippen molar-refractivity contribution in [1.82, 2.24) is 5.32 Å². The zero-order chi connectivity index (χ0) is 20.4. The maximum atomic E-state index is 12.8. The highest BCUT2D eigenvalue weighted by molar-refractivity contribution is 5.89. The lowest BCUT2D eigenvalue weighted by Crippen LogP contribution is -2.28. The molecule has 2 rings (SSSR count). The Hall–Kier alpha value is -2.71. The van der Waals surface area contributed by atoms with E-state index in [1.807, 2.05) is 25.2 Å². The first-order chi connectivity index (χ1) is 12.3.